The molecule has 1 amide bonds. The second kappa shape index (κ2) is 8.96. The van der Waals surface area contributed by atoms with Crippen molar-refractivity contribution in [2.45, 2.75) is 6.92 Å². The maximum absolute atomic E-state index is 12.4. The van der Waals surface area contributed by atoms with E-state index in [-0.39, 0.29) is 12.2 Å². The first-order valence-corrected chi connectivity index (χ1v) is 7.82. The smallest absolute Gasteiger partial charge is 0.266 e. The number of nitrogens with zero attached hydrogens (tertiary/aromatic N) is 1. The van der Waals surface area contributed by atoms with Crippen LogP contribution in [0.5, 0.6) is 11.5 Å². The van der Waals surface area contributed by atoms with Crippen molar-refractivity contribution in [3.05, 3.63) is 59.2 Å². The first-order valence-electron chi connectivity index (χ1n) is 7.82. The third kappa shape index (κ3) is 4.66. The molecule has 0 bridgehead atoms. The quantitative estimate of drug-likeness (QED) is 0.493. The Balaban J connectivity index is 2.33. The molecule has 1 N–H and O–H groups in total. The highest BCUT2D eigenvalue weighted by Crippen LogP contribution is 2.27. The van der Waals surface area contributed by atoms with Gasteiger partial charge in [0.2, 0.25) is 0 Å². The lowest BCUT2D eigenvalue weighted by atomic mass is 10.1. The Hall–Kier alpha value is -3.70. The molecule has 0 unspecified atom stereocenters. The second-order valence-corrected chi connectivity index (χ2v) is 5.34. The van der Waals surface area contributed by atoms with Gasteiger partial charge in [-0.3, -0.25) is 4.79 Å². The molecule has 0 atom stereocenters. The van der Waals surface area contributed by atoms with E-state index in [0.29, 0.717) is 22.7 Å². The molecule has 5 nitrogen and oxygen atoms in total. The van der Waals surface area contributed by atoms with Gasteiger partial charge < -0.3 is 14.8 Å². The lowest BCUT2D eigenvalue weighted by Gasteiger charge is -2.10. The summed E-state index contributed by atoms with van der Waals surface area (Å²) in [5.74, 6) is 2.89. The van der Waals surface area contributed by atoms with Gasteiger partial charge in [0.1, 0.15) is 29.7 Å². The minimum atomic E-state index is -0.500. The Morgan fingerprint density at radius 2 is 2.08 bits per heavy atom. The number of methoxy groups -OCH3 is 1. The van der Waals surface area contributed by atoms with Crippen LogP contribution in [0.15, 0.2) is 48.0 Å². The van der Waals surface area contributed by atoms with Crippen molar-refractivity contribution in [3.63, 3.8) is 0 Å². The van der Waals surface area contributed by atoms with E-state index >= 15 is 0 Å². The number of amides is 1. The molecule has 0 spiro atoms. The van der Waals surface area contributed by atoms with Crippen LogP contribution in [0.3, 0.4) is 0 Å². The average Bonchev–Trinajstić information content (AvgIpc) is 2.66. The number of nitrogens with one attached hydrogen (secondary N) is 1. The van der Waals surface area contributed by atoms with Gasteiger partial charge in [0.25, 0.3) is 5.91 Å². The highest BCUT2D eigenvalue weighted by molar-refractivity contribution is 6.10. The molecule has 0 saturated heterocycles. The Labute approximate surface area is 152 Å². The SMILES string of the molecule is C#CCOc1cc(OC)ccc1/C=C(\C#N)C(=O)Nc1ccccc1C. The van der Waals surface area contributed by atoms with Gasteiger partial charge in [-0.05, 0) is 36.8 Å². The Morgan fingerprint density at radius 1 is 1.31 bits per heavy atom. The number of terminal acetylenes is 1. The average molecular weight is 346 g/mol. The number of carbonyl (C=O) groups is 1. The molecule has 2 rings (SSSR count). The van der Waals surface area contributed by atoms with E-state index in [0.717, 1.165) is 5.56 Å². The van der Waals surface area contributed by atoms with E-state index in [9.17, 15) is 10.1 Å². The Bertz CT molecular complexity index is 918. The van der Waals surface area contributed by atoms with Crippen LogP contribution in [-0.2, 0) is 4.79 Å². The van der Waals surface area contributed by atoms with Gasteiger partial charge in [-0.25, -0.2) is 0 Å². The summed E-state index contributed by atoms with van der Waals surface area (Å²) in [4.78, 5) is 12.4. The maximum Gasteiger partial charge on any atom is 0.266 e. The van der Waals surface area contributed by atoms with Crippen molar-refractivity contribution in [3.8, 4) is 29.9 Å². The Morgan fingerprint density at radius 3 is 2.73 bits per heavy atom. The van der Waals surface area contributed by atoms with E-state index in [1.54, 1.807) is 24.3 Å². The van der Waals surface area contributed by atoms with E-state index in [4.69, 9.17) is 15.9 Å². The number of hydrogen-bond acceptors (Lipinski definition) is 4. The fourth-order valence-corrected chi connectivity index (χ4v) is 2.21. The summed E-state index contributed by atoms with van der Waals surface area (Å²) in [6.45, 7) is 1.94. The van der Waals surface area contributed by atoms with Crippen molar-refractivity contribution in [1.82, 2.24) is 0 Å². The number of rotatable bonds is 6. The van der Waals surface area contributed by atoms with Crippen LogP contribution >= 0.6 is 0 Å². The van der Waals surface area contributed by atoms with Crippen LogP contribution in [0.4, 0.5) is 5.69 Å². The van der Waals surface area contributed by atoms with Gasteiger partial charge in [-0.2, -0.15) is 5.26 Å². The molecular formula is C21H18N2O3. The van der Waals surface area contributed by atoms with Gasteiger partial charge in [-0.1, -0.05) is 24.1 Å². The third-order valence-electron chi connectivity index (χ3n) is 3.59. The first-order chi connectivity index (χ1) is 12.6. The van der Waals surface area contributed by atoms with Gasteiger partial charge in [0.05, 0.1) is 7.11 Å². The molecule has 0 aliphatic carbocycles. The van der Waals surface area contributed by atoms with Crippen molar-refractivity contribution >= 4 is 17.7 Å². The number of benzene rings is 2. The highest BCUT2D eigenvalue weighted by atomic mass is 16.5. The van der Waals surface area contributed by atoms with E-state index < -0.39 is 5.91 Å². The summed E-state index contributed by atoms with van der Waals surface area (Å²) in [7, 11) is 1.53. The zero-order valence-electron chi connectivity index (χ0n) is 14.6. The fraction of sp³-hybridized carbons (Fsp3) is 0.143. The second-order valence-electron chi connectivity index (χ2n) is 5.34. The molecule has 5 heteroatoms. The van der Waals surface area contributed by atoms with Crippen LogP contribution < -0.4 is 14.8 Å². The van der Waals surface area contributed by atoms with Gasteiger partial charge in [-0.15, -0.1) is 6.42 Å². The number of ether oxygens (including phenoxy) is 2. The first kappa shape index (κ1) is 18.6. The largest absolute Gasteiger partial charge is 0.497 e. The molecule has 2 aromatic carbocycles. The van der Waals surface area contributed by atoms with Crippen LogP contribution in [0, 0.1) is 30.6 Å². The highest BCUT2D eigenvalue weighted by Gasteiger charge is 2.13. The molecule has 0 radical (unpaired) electrons. The van der Waals surface area contributed by atoms with Gasteiger partial charge >= 0.3 is 0 Å². The zero-order chi connectivity index (χ0) is 18.9. The van der Waals surface area contributed by atoms with Crippen LogP contribution in [0.1, 0.15) is 11.1 Å². The predicted molar refractivity (Wildman–Crippen MR) is 101 cm³/mol. The molecule has 0 heterocycles. The lowest BCUT2D eigenvalue weighted by Crippen LogP contribution is -2.14. The van der Waals surface area contributed by atoms with Gasteiger partial charge in [0.15, 0.2) is 0 Å². The summed E-state index contributed by atoms with van der Waals surface area (Å²) in [6.07, 6.45) is 6.69. The van der Waals surface area contributed by atoms with E-state index in [1.807, 2.05) is 31.2 Å². The molecule has 26 heavy (non-hydrogen) atoms. The summed E-state index contributed by atoms with van der Waals surface area (Å²) in [5, 5.41) is 12.1. The number of anilines is 1. The zero-order valence-corrected chi connectivity index (χ0v) is 14.6. The molecule has 0 aliphatic rings. The van der Waals surface area contributed by atoms with Crippen LogP contribution in [0.2, 0.25) is 0 Å². The number of hydrogen-bond donors (Lipinski definition) is 1. The van der Waals surface area contributed by atoms with E-state index in [1.165, 1.54) is 13.2 Å². The molecular weight excluding hydrogens is 328 g/mol. The van der Waals surface area contributed by atoms with Crippen molar-refractivity contribution in [1.29, 1.82) is 5.26 Å². The van der Waals surface area contributed by atoms with Gasteiger partial charge in [0, 0.05) is 17.3 Å². The fourth-order valence-electron chi connectivity index (χ4n) is 2.21. The summed E-state index contributed by atoms with van der Waals surface area (Å²) < 4.78 is 10.7. The molecule has 0 aromatic heterocycles. The molecule has 130 valence electrons. The normalized spacial score (nSPS) is 10.4. The maximum atomic E-state index is 12.4. The third-order valence-corrected chi connectivity index (χ3v) is 3.59. The topological polar surface area (TPSA) is 71.3 Å². The molecule has 0 fully saturated rings. The van der Waals surface area contributed by atoms with Crippen LogP contribution in [-0.4, -0.2) is 19.6 Å². The summed E-state index contributed by atoms with van der Waals surface area (Å²) in [6, 6.07) is 14.3. The molecule has 0 aliphatic heterocycles. The monoisotopic (exact) mass is 346 g/mol. The molecule has 0 saturated carbocycles. The Kier molecular flexibility index (Phi) is 6.42. The van der Waals surface area contributed by atoms with Crippen molar-refractivity contribution < 1.29 is 14.3 Å². The van der Waals surface area contributed by atoms with Crippen molar-refractivity contribution in [2.75, 3.05) is 19.0 Å². The van der Waals surface area contributed by atoms with E-state index in [2.05, 4.69) is 11.2 Å². The van der Waals surface area contributed by atoms with Crippen LogP contribution in [0.25, 0.3) is 6.08 Å². The predicted octanol–water partition coefficient (Wildman–Crippen LogP) is 3.56. The van der Waals surface area contributed by atoms with Crippen molar-refractivity contribution in [2.24, 2.45) is 0 Å². The number of nitriles is 1. The number of aryl methyl sites for hydroxylation is 1. The minimum absolute atomic E-state index is 0.0519. The summed E-state index contributed by atoms with van der Waals surface area (Å²) in [5.41, 5.74) is 2.05. The number of carbonyl (C=O) groups excluding carboxylic acids is 1. The lowest BCUT2D eigenvalue weighted by molar-refractivity contribution is -0.112. The standard InChI is InChI=1S/C21H18N2O3/c1-4-11-26-20-13-18(25-3)10-9-16(20)12-17(14-22)21(24)23-19-8-6-5-7-15(19)2/h1,5-10,12-13H,11H2,2-3H3,(H,23,24)/b17-12+. The summed E-state index contributed by atoms with van der Waals surface area (Å²) >= 11 is 0. The number of para-hydroxylation sites is 1. The molecule has 2 aromatic rings. The minimum Gasteiger partial charge on any atom is -0.497 e.